The van der Waals surface area contributed by atoms with Gasteiger partial charge < -0.3 is 25.8 Å². The fourth-order valence-electron chi connectivity index (χ4n) is 4.77. The first-order chi connectivity index (χ1) is 15.9. The molecule has 0 aliphatic heterocycles. The lowest BCUT2D eigenvalue weighted by molar-refractivity contribution is 0.387. The molecule has 1 saturated carbocycles. The Morgan fingerprint density at radius 1 is 0.879 bits per heavy atom. The average molecular weight is 468 g/mol. The summed E-state index contributed by atoms with van der Waals surface area (Å²) in [5.41, 5.74) is 4.75. The Labute approximate surface area is 203 Å². The normalized spacial score (nSPS) is 19.9. The highest BCUT2D eigenvalue weighted by Crippen LogP contribution is 2.29. The lowest BCUT2D eigenvalue weighted by atomic mass is 9.91. The molecule has 1 aromatic carbocycles. The van der Waals surface area contributed by atoms with E-state index in [4.69, 9.17) is 22.2 Å². The van der Waals surface area contributed by atoms with E-state index in [9.17, 15) is 0 Å². The van der Waals surface area contributed by atoms with Crippen molar-refractivity contribution >= 4 is 40.5 Å². The van der Waals surface area contributed by atoms with Gasteiger partial charge in [0.05, 0.1) is 5.69 Å². The monoisotopic (exact) mass is 467 g/mol. The maximum atomic E-state index is 5.56. The van der Waals surface area contributed by atoms with Crippen molar-refractivity contribution in [1.82, 2.24) is 15.3 Å². The predicted octanol–water partition coefficient (Wildman–Crippen LogP) is 4.20. The summed E-state index contributed by atoms with van der Waals surface area (Å²) in [6.07, 6.45) is 8.92. The van der Waals surface area contributed by atoms with Gasteiger partial charge in [-0.05, 0) is 87.8 Å². The molecule has 2 aromatic rings. The zero-order valence-electron chi connectivity index (χ0n) is 20.3. The largest absolute Gasteiger partial charge is 0.378 e. The van der Waals surface area contributed by atoms with Crippen LogP contribution >= 0.6 is 12.2 Å². The van der Waals surface area contributed by atoms with E-state index < -0.39 is 0 Å². The maximum absolute atomic E-state index is 5.56. The van der Waals surface area contributed by atoms with Crippen molar-refractivity contribution in [3.63, 3.8) is 0 Å². The Morgan fingerprint density at radius 3 is 2.21 bits per heavy atom. The number of benzene rings is 1. The number of nitrogens with one attached hydrogen (secondary N) is 3. The van der Waals surface area contributed by atoms with E-state index >= 15 is 0 Å². The highest BCUT2D eigenvalue weighted by molar-refractivity contribution is 7.80. The van der Waals surface area contributed by atoms with Crippen LogP contribution in [0.15, 0.2) is 24.3 Å². The SMILES string of the molecule is CN(C)c1ccc(NC(=S)NC2CCC(Nc3nc4c(c(N(C)C)n3)CCCC4)CC2)cc1. The minimum Gasteiger partial charge on any atom is -0.378 e. The second-order valence-corrected chi connectivity index (χ2v) is 10.0. The number of aryl methyl sites for hydroxylation is 1. The molecule has 0 amide bonds. The number of fused-ring (bicyclic) bond motifs is 1. The number of thiocarbonyl (C=S) groups is 1. The molecular weight excluding hydrogens is 430 g/mol. The Kier molecular flexibility index (Phi) is 7.53. The summed E-state index contributed by atoms with van der Waals surface area (Å²) in [5, 5.41) is 11.1. The fraction of sp³-hybridized carbons (Fsp3) is 0.560. The van der Waals surface area contributed by atoms with Gasteiger partial charge in [0.1, 0.15) is 5.82 Å². The molecule has 0 bridgehead atoms. The van der Waals surface area contributed by atoms with Gasteiger partial charge in [-0.1, -0.05) is 0 Å². The third kappa shape index (κ3) is 6.05. The Bertz CT molecular complexity index is 950. The molecule has 1 heterocycles. The van der Waals surface area contributed by atoms with E-state index in [1.807, 2.05) is 14.1 Å². The molecular formula is C25H37N7S. The van der Waals surface area contributed by atoms with Crippen LogP contribution in [0, 0.1) is 0 Å². The van der Waals surface area contributed by atoms with Crippen molar-refractivity contribution in [3.8, 4) is 0 Å². The van der Waals surface area contributed by atoms with Gasteiger partial charge in [-0.3, -0.25) is 0 Å². The topological polar surface area (TPSA) is 68.3 Å². The first-order valence-corrected chi connectivity index (χ1v) is 12.5. The molecule has 0 atom stereocenters. The molecule has 178 valence electrons. The van der Waals surface area contributed by atoms with Crippen molar-refractivity contribution in [3.05, 3.63) is 35.5 Å². The molecule has 1 aromatic heterocycles. The zero-order valence-corrected chi connectivity index (χ0v) is 21.1. The number of aromatic nitrogens is 2. The van der Waals surface area contributed by atoms with Gasteiger partial charge in [-0.25, -0.2) is 4.98 Å². The van der Waals surface area contributed by atoms with Crippen LogP contribution in [-0.4, -0.2) is 55.4 Å². The van der Waals surface area contributed by atoms with E-state index in [0.29, 0.717) is 17.2 Å². The van der Waals surface area contributed by atoms with Crippen LogP contribution in [0.5, 0.6) is 0 Å². The second-order valence-electron chi connectivity index (χ2n) is 9.63. The molecule has 7 nitrogen and oxygen atoms in total. The van der Waals surface area contributed by atoms with Crippen LogP contribution in [0.2, 0.25) is 0 Å². The molecule has 0 unspecified atom stereocenters. The molecule has 33 heavy (non-hydrogen) atoms. The van der Waals surface area contributed by atoms with Crippen LogP contribution in [0.25, 0.3) is 0 Å². The summed E-state index contributed by atoms with van der Waals surface area (Å²) in [5.74, 6) is 1.86. The van der Waals surface area contributed by atoms with Crippen molar-refractivity contribution in [2.24, 2.45) is 0 Å². The van der Waals surface area contributed by atoms with Crippen molar-refractivity contribution in [2.75, 3.05) is 48.6 Å². The van der Waals surface area contributed by atoms with Gasteiger partial charge >= 0.3 is 0 Å². The molecule has 4 rings (SSSR count). The zero-order chi connectivity index (χ0) is 23.4. The third-order valence-electron chi connectivity index (χ3n) is 6.62. The molecule has 0 saturated heterocycles. The van der Waals surface area contributed by atoms with Gasteiger partial charge in [0.2, 0.25) is 5.95 Å². The van der Waals surface area contributed by atoms with E-state index in [1.54, 1.807) is 0 Å². The smallest absolute Gasteiger partial charge is 0.225 e. The summed E-state index contributed by atoms with van der Waals surface area (Å²) in [6, 6.07) is 9.10. The molecule has 3 N–H and O–H groups in total. The highest BCUT2D eigenvalue weighted by atomic mass is 32.1. The maximum Gasteiger partial charge on any atom is 0.225 e. The minimum absolute atomic E-state index is 0.394. The van der Waals surface area contributed by atoms with Gasteiger partial charge in [0.15, 0.2) is 5.11 Å². The van der Waals surface area contributed by atoms with Crippen LogP contribution in [-0.2, 0) is 12.8 Å². The number of hydrogen-bond acceptors (Lipinski definition) is 6. The highest BCUT2D eigenvalue weighted by Gasteiger charge is 2.24. The molecule has 0 radical (unpaired) electrons. The number of nitrogens with zero attached hydrogens (tertiary/aromatic N) is 4. The Balaban J connectivity index is 1.28. The minimum atomic E-state index is 0.394. The molecule has 8 heteroatoms. The number of hydrogen-bond donors (Lipinski definition) is 3. The number of anilines is 4. The Hall–Kier alpha value is -2.61. The predicted molar refractivity (Wildman–Crippen MR) is 143 cm³/mol. The third-order valence-corrected chi connectivity index (χ3v) is 6.84. The van der Waals surface area contributed by atoms with E-state index in [0.717, 1.165) is 56.0 Å². The Morgan fingerprint density at radius 2 is 1.55 bits per heavy atom. The van der Waals surface area contributed by atoms with Crippen molar-refractivity contribution in [2.45, 2.75) is 63.5 Å². The van der Waals surface area contributed by atoms with Crippen LogP contribution in [0.4, 0.5) is 23.1 Å². The van der Waals surface area contributed by atoms with Gasteiger partial charge in [-0.2, -0.15) is 4.98 Å². The lowest BCUT2D eigenvalue weighted by Gasteiger charge is -2.31. The molecule has 0 spiro atoms. The van der Waals surface area contributed by atoms with Crippen LogP contribution < -0.4 is 25.8 Å². The van der Waals surface area contributed by atoms with E-state index in [2.05, 4.69) is 64.1 Å². The number of rotatable bonds is 6. The first-order valence-electron chi connectivity index (χ1n) is 12.1. The van der Waals surface area contributed by atoms with Gasteiger partial charge in [-0.15, -0.1) is 0 Å². The average Bonchev–Trinajstić information content (AvgIpc) is 2.80. The van der Waals surface area contributed by atoms with Crippen molar-refractivity contribution < 1.29 is 0 Å². The standard InChI is InChI=1S/C25H37N7S/c1-31(2)20-15-13-19(14-16-20)28-25(33)27-18-11-9-17(10-12-18)26-24-29-22-8-6-5-7-21(22)23(30-24)32(3)4/h13-18H,5-12H2,1-4H3,(H,26,29,30)(H2,27,28,33). The summed E-state index contributed by atoms with van der Waals surface area (Å²) >= 11 is 5.56. The summed E-state index contributed by atoms with van der Waals surface area (Å²) < 4.78 is 0. The lowest BCUT2D eigenvalue weighted by Crippen LogP contribution is -2.42. The van der Waals surface area contributed by atoms with Crippen molar-refractivity contribution in [1.29, 1.82) is 0 Å². The van der Waals surface area contributed by atoms with E-state index in [1.165, 1.54) is 29.8 Å². The molecule has 1 fully saturated rings. The first kappa shape index (κ1) is 23.5. The van der Waals surface area contributed by atoms with E-state index in [-0.39, 0.29) is 0 Å². The van der Waals surface area contributed by atoms with Gasteiger partial charge in [0.25, 0.3) is 0 Å². The molecule has 2 aliphatic rings. The fourth-order valence-corrected chi connectivity index (χ4v) is 5.05. The van der Waals surface area contributed by atoms with Gasteiger partial charge in [0, 0.05) is 57.2 Å². The summed E-state index contributed by atoms with van der Waals surface area (Å²) in [4.78, 5) is 14.0. The summed E-state index contributed by atoms with van der Waals surface area (Å²) in [6.45, 7) is 0. The molecule has 2 aliphatic carbocycles. The van der Waals surface area contributed by atoms with Crippen LogP contribution in [0.3, 0.4) is 0 Å². The summed E-state index contributed by atoms with van der Waals surface area (Å²) in [7, 11) is 8.23. The quantitative estimate of drug-likeness (QED) is 0.546. The van der Waals surface area contributed by atoms with Crippen LogP contribution in [0.1, 0.15) is 49.8 Å². The second kappa shape index (κ2) is 10.5.